The van der Waals surface area contributed by atoms with Gasteiger partial charge in [-0.3, -0.25) is 14.5 Å². The van der Waals surface area contributed by atoms with Crippen LogP contribution in [0.15, 0.2) is 36.4 Å². The molecule has 1 aromatic carbocycles. The minimum absolute atomic E-state index is 0. The van der Waals surface area contributed by atoms with E-state index in [1.54, 1.807) is 0 Å². The molecule has 2 aliphatic heterocycles. The topological polar surface area (TPSA) is 65.8 Å². The largest absolute Gasteiger partial charge is 0.481 e. The molecule has 1 fully saturated rings. The van der Waals surface area contributed by atoms with Crippen LogP contribution in [0.2, 0.25) is 0 Å². The number of halogens is 4. The molecule has 5 rings (SSSR count). The number of rotatable bonds is 5. The number of fused-ring (bicyclic) bond motifs is 3. The van der Waals surface area contributed by atoms with Crippen molar-refractivity contribution in [1.82, 2.24) is 14.4 Å². The third-order valence-electron chi connectivity index (χ3n) is 7.07. The first-order valence-corrected chi connectivity index (χ1v) is 12.5. The molecule has 0 radical (unpaired) electrons. The third-order valence-corrected chi connectivity index (χ3v) is 8.18. The van der Waals surface area contributed by atoms with Crippen molar-refractivity contribution in [1.29, 1.82) is 0 Å². The number of carbonyl (C=O) groups excluding carboxylic acids is 1. The fourth-order valence-corrected chi connectivity index (χ4v) is 6.05. The number of carboxylic acid groups (broad SMARTS) is 1. The van der Waals surface area contributed by atoms with Gasteiger partial charge in [0, 0.05) is 28.0 Å². The second-order valence-electron chi connectivity index (χ2n) is 9.25. The summed E-state index contributed by atoms with van der Waals surface area (Å²) in [5, 5.41) is 10.3. The maximum Gasteiger partial charge on any atom is 0.425 e. The number of benzene rings is 1. The first-order valence-electron chi connectivity index (χ1n) is 11.7. The number of nitrogens with zero attached hydrogens (tertiary/aromatic N) is 3. The number of aromatic nitrogens is 1. The predicted molar refractivity (Wildman–Crippen MR) is 134 cm³/mol. The molecule has 194 valence electrons. The number of piperidine rings is 1. The minimum atomic E-state index is -4.36. The van der Waals surface area contributed by atoms with E-state index >= 15 is 0 Å². The summed E-state index contributed by atoms with van der Waals surface area (Å²) >= 11 is 0.755. The maximum atomic E-state index is 13.1. The van der Waals surface area contributed by atoms with Gasteiger partial charge in [0.1, 0.15) is 4.88 Å². The molecule has 0 saturated carbocycles. The molecule has 0 aliphatic carbocycles. The molecule has 4 heterocycles. The van der Waals surface area contributed by atoms with Gasteiger partial charge in [-0.15, -0.1) is 23.7 Å². The van der Waals surface area contributed by atoms with Crippen molar-refractivity contribution in [2.75, 3.05) is 26.2 Å². The molecule has 0 unspecified atom stereocenters. The van der Waals surface area contributed by atoms with Crippen molar-refractivity contribution in [3.05, 3.63) is 57.4 Å². The normalized spacial score (nSPS) is 17.1. The van der Waals surface area contributed by atoms with Crippen LogP contribution in [0.5, 0.6) is 0 Å². The highest BCUT2D eigenvalue weighted by Gasteiger charge is 2.33. The zero-order chi connectivity index (χ0) is 24.7. The molecule has 2 aliphatic rings. The Hall–Kier alpha value is -2.56. The van der Waals surface area contributed by atoms with Gasteiger partial charge in [-0.05, 0) is 56.1 Å². The van der Waals surface area contributed by atoms with Crippen molar-refractivity contribution < 1.29 is 27.9 Å². The van der Waals surface area contributed by atoms with Crippen LogP contribution in [0, 0.1) is 5.92 Å². The molecular weight excluding hydrogens is 515 g/mol. The molecule has 0 atom stereocenters. The third kappa shape index (κ3) is 5.26. The minimum Gasteiger partial charge on any atom is -0.481 e. The van der Waals surface area contributed by atoms with E-state index in [-0.39, 0.29) is 30.8 Å². The molecule has 1 saturated heterocycles. The monoisotopic (exact) mass is 541 g/mol. The summed E-state index contributed by atoms with van der Waals surface area (Å²) in [5.74, 6) is -1.12. The quantitative estimate of drug-likeness (QED) is 0.500. The van der Waals surface area contributed by atoms with E-state index in [1.165, 1.54) is 6.07 Å². The summed E-state index contributed by atoms with van der Waals surface area (Å²) in [6, 6.07) is 10.5. The van der Waals surface area contributed by atoms with Gasteiger partial charge < -0.3 is 14.6 Å². The van der Waals surface area contributed by atoms with Crippen molar-refractivity contribution in [2.24, 2.45) is 5.92 Å². The Bertz CT molecular complexity index is 1260. The van der Waals surface area contributed by atoms with Crippen LogP contribution in [0.3, 0.4) is 0 Å². The highest BCUT2D eigenvalue weighted by atomic mass is 35.5. The molecule has 0 bridgehead atoms. The van der Waals surface area contributed by atoms with Gasteiger partial charge in [0.25, 0.3) is 0 Å². The van der Waals surface area contributed by atoms with Crippen LogP contribution in [-0.4, -0.2) is 57.5 Å². The Morgan fingerprint density at radius 3 is 2.44 bits per heavy atom. The van der Waals surface area contributed by atoms with Gasteiger partial charge in [0.15, 0.2) is 0 Å². The fourth-order valence-electron chi connectivity index (χ4n) is 5.19. The number of likely N-dealkylation sites (tertiary alicyclic amines) is 1. The lowest BCUT2D eigenvalue weighted by Crippen LogP contribution is -2.45. The van der Waals surface area contributed by atoms with Crippen LogP contribution in [0.4, 0.5) is 13.2 Å². The predicted octanol–water partition coefficient (Wildman–Crippen LogP) is 4.87. The number of aliphatic carboxylic acids is 1. The van der Waals surface area contributed by atoms with Gasteiger partial charge in [0.2, 0.25) is 5.91 Å². The number of amides is 1. The van der Waals surface area contributed by atoms with E-state index in [1.807, 2.05) is 34.1 Å². The second-order valence-corrected chi connectivity index (χ2v) is 10.4. The zero-order valence-corrected chi connectivity index (χ0v) is 21.1. The first-order chi connectivity index (χ1) is 16.7. The number of hydrogen-bond acceptors (Lipinski definition) is 4. The van der Waals surface area contributed by atoms with Gasteiger partial charge in [-0.2, -0.15) is 13.2 Å². The van der Waals surface area contributed by atoms with E-state index in [4.69, 9.17) is 0 Å². The molecule has 36 heavy (non-hydrogen) atoms. The number of para-hydroxylation sites is 1. The highest BCUT2D eigenvalue weighted by Crippen LogP contribution is 2.37. The Balaban J connectivity index is 0.00000304. The lowest BCUT2D eigenvalue weighted by atomic mass is 9.97. The summed E-state index contributed by atoms with van der Waals surface area (Å²) < 4.78 is 41.4. The number of carbonyl (C=O) groups is 2. The number of hydrogen-bond donors (Lipinski definition) is 1. The SMILES string of the molecule is Cl.O=C(O)C1CCN(CC(=O)N2CCc3c(n(Cc4ccc(C(F)(F)F)s4)c4ccccc34)C2)CC1. The average molecular weight is 542 g/mol. The second kappa shape index (κ2) is 10.4. The Morgan fingerprint density at radius 2 is 1.78 bits per heavy atom. The molecule has 3 aromatic rings. The highest BCUT2D eigenvalue weighted by molar-refractivity contribution is 7.12. The summed E-state index contributed by atoms with van der Waals surface area (Å²) in [5.41, 5.74) is 3.08. The van der Waals surface area contributed by atoms with Crippen LogP contribution in [0.1, 0.15) is 33.9 Å². The molecule has 2 aromatic heterocycles. The molecule has 1 amide bonds. The van der Waals surface area contributed by atoms with Crippen molar-refractivity contribution in [3.63, 3.8) is 0 Å². The van der Waals surface area contributed by atoms with Gasteiger partial charge >= 0.3 is 12.1 Å². The van der Waals surface area contributed by atoms with E-state index < -0.39 is 17.0 Å². The molecule has 6 nitrogen and oxygen atoms in total. The van der Waals surface area contributed by atoms with Crippen LogP contribution in [-0.2, 0) is 35.3 Å². The fraction of sp³-hybridized carbons (Fsp3) is 0.440. The summed E-state index contributed by atoms with van der Waals surface area (Å²) in [6.07, 6.45) is -2.58. The van der Waals surface area contributed by atoms with Crippen LogP contribution < -0.4 is 0 Å². The van der Waals surface area contributed by atoms with E-state index in [2.05, 4.69) is 4.57 Å². The standard InChI is InChI=1S/C25H26F3N3O3S.ClH/c26-25(27,28)22-6-5-17(35-22)13-31-20-4-2-1-3-18(20)19-9-12-30(14-21(19)31)23(32)15-29-10-7-16(8-11-29)24(33)34;/h1-6,16H,7-15H2,(H,33,34);1H. The Kier molecular flexibility index (Phi) is 7.68. The van der Waals surface area contributed by atoms with E-state index in [0.717, 1.165) is 39.6 Å². The van der Waals surface area contributed by atoms with Crippen LogP contribution in [0.25, 0.3) is 10.9 Å². The van der Waals surface area contributed by atoms with Gasteiger partial charge in [-0.1, -0.05) is 18.2 Å². The van der Waals surface area contributed by atoms with Crippen molar-refractivity contribution in [3.8, 4) is 0 Å². The zero-order valence-electron chi connectivity index (χ0n) is 19.5. The summed E-state index contributed by atoms with van der Waals surface area (Å²) in [4.78, 5) is 28.1. The van der Waals surface area contributed by atoms with E-state index in [0.29, 0.717) is 56.9 Å². The van der Waals surface area contributed by atoms with E-state index in [9.17, 15) is 27.9 Å². The van der Waals surface area contributed by atoms with Gasteiger partial charge in [-0.25, -0.2) is 0 Å². The van der Waals surface area contributed by atoms with Gasteiger partial charge in [0.05, 0.1) is 25.6 Å². The number of thiophene rings is 1. The van der Waals surface area contributed by atoms with Crippen molar-refractivity contribution in [2.45, 2.75) is 38.5 Å². The smallest absolute Gasteiger partial charge is 0.425 e. The lowest BCUT2D eigenvalue weighted by molar-refractivity contribution is -0.143. The maximum absolute atomic E-state index is 13.1. The summed E-state index contributed by atoms with van der Waals surface area (Å²) in [7, 11) is 0. The molecular formula is C25H27ClF3N3O3S. The Labute approximate surface area is 216 Å². The molecule has 1 N–H and O–H groups in total. The molecule has 0 spiro atoms. The number of alkyl halides is 3. The summed E-state index contributed by atoms with van der Waals surface area (Å²) in [6.45, 7) is 2.74. The van der Waals surface area contributed by atoms with Crippen LogP contribution >= 0.6 is 23.7 Å². The Morgan fingerprint density at radius 1 is 1.06 bits per heavy atom. The van der Waals surface area contributed by atoms with Crippen molar-refractivity contribution >= 4 is 46.5 Å². The first kappa shape index (κ1) is 26.5. The lowest BCUT2D eigenvalue weighted by Gasteiger charge is -2.33. The average Bonchev–Trinajstić information content (AvgIpc) is 3.43. The number of carboxylic acids is 1. The molecule has 11 heteroatoms.